The number of benzene rings is 2. The Balaban J connectivity index is 2.13. The van der Waals surface area contributed by atoms with Crippen molar-refractivity contribution in [2.75, 3.05) is 0 Å². The van der Waals surface area contributed by atoms with E-state index in [1.807, 2.05) is 6.07 Å². The van der Waals surface area contributed by atoms with Gasteiger partial charge in [-0.2, -0.15) is 0 Å². The largest absolute Gasteiger partial charge is 0.487 e. The van der Waals surface area contributed by atoms with E-state index >= 15 is 0 Å². The first-order valence-corrected chi connectivity index (χ1v) is 7.17. The summed E-state index contributed by atoms with van der Waals surface area (Å²) in [7, 11) is 0. The van der Waals surface area contributed by atoms with Crippen molar-refractivity contribution < 1.29 is 4.74 Å². The van der Waals surface area contributed by atoms with Crippen molar-refractivity contribution in [3.05, 3.63) is 62.6 Å². The quantitative estimate of drug-likeness (QED) is 0.803. The number of thiocarbonyl (C=S) groups is 1. The SMILES string of the molecule is NC(=S)c1ccc(OCc2ccc(Cl)cc2Cl)c(Cl)c1. The lowest BCUT2D eigenvalue weighted by atomic mass is 10.2. The molecule has 0 radical (unpaired) electrons. The molecule has 2 rings (SSSR count). The molecule has 2 aromatic rings. The van der Waals surface area contributed by atoms with Crippen LogP contribution in [-0.4, -0.2) is 4.99 Å². The van der Waals surface area contributed by atoms with Gasteiger partial charge >= 0.3 is 0 Å². The first-order valence-electron chi connectivity index (χ1n) is 5.63. The standard InChI is InChI=1S/C14H10Cl3NOS/c15-10-3-1-9(11(16)6-10)7-19-13-4-2-8(14(18)20)5-12(13)17/h1-6H,7H2,(H2,18,20). The van der Waals surface area contributed by atoms with Gasteiger partial charge in [0.25, 0.3) is 0 Å². The highest BCUT2D eigenvalue weighted by molar-refractivity contribution is 7.80. The minimum Gasteiger partial charge on any atom is -0.487 e. The molecule has 0 unspecified atom stereocenters. The van der Waals surface area contributed by atoms with Crippen LogP contribution in [0.3, 0.4) is 0 Å². The van der Waals surface area contributed by atoms with Crippen LogP contribution in [0.15, 0.2) is 36.4 Å². The van der Waals surface area contributed by atoms with Crippen LogP contribution in [0.5, 0.6) is 5.75 Å². The smallest absolute Gasteiger partial charge is 0.138 e. The van der Waals surface area contributed by atoms with E-state index in [1.54, 1.807) is 30.3 Å². The monoisotopic (exact) mass is 345 g/mol. The third-order valence-electron chi connectivity index (χ3n) is 2.61. The van der Waals surface area contributed by atoms with E-state index in [2.05, 4.69) is 0 Å². The maximum Gasteiger partial charge on any atom is 0.138 e. The molecule has 104 valence electrons. The van der Waals surface area contributed by atoms with E-state index in [1.165, 1.54) is 0 Å². The number of hydrogen-bond donors (Lipinski definition) is 1. The lowest BCUT2D eigenvalue weighted by Gasteiger charge is -2.10. The molecule has 0 saturated heterocycles. The molecule has 0 atom stereocenters. The van der Waals surface area contributed by atoms with Crippen molar-refractivity contribution in [3.8, 4) is 5.75 Å². The summed E-state index contributed by atoms with van der Waals surface area (Å²) in [6.45, 7) is 0.294. The molecule has 0 amide bonds. The first-order chi connectivity index (χ1) is 9.47. The van der Waals surface area contributed by atoms with Crippen LogP contribution in [0, 0.1) is 0 Å². The van der Waals surface area contributed by atoms with Crippen LogP contribution < -0.4 is 10.5 Å². The third kappa shape index (κ3) is 3.76. The van der Waals surface area contributed by atoms with Gasteiger partial charge in [0, 0.05) is 21.2 Å². The van der Waals surface area contributed by atoms with Gasteiger partial charge in [0.05, 0.1) is 5.02 Å². The fraction of sp³-hybridized carbons (Fsp3) is 0.0714. The highest BCUT2D eigenvalue weighted by Gasteiger charge is 2.07. The molecule has 0 saturated carbocycles. The normalized spacial score (nSPS) is 10.3. The lowest BCUT2D eigenvalue weighted by Crippen LogP contribution is -2.09. The Labute approximate surface area is 137 Å². The van der Waals surface area contributed by atoms with Gasteiger partial charge in [-0.3, -0.25) is 0 Å². The molecule has 0 heterocycles. The number of nitrogens with two attached hydrogens (primary N) is 1. The number of halogens is 3. The van der Waals surface area contributed by atoms with Gasteiger partial charge in [0.2, 0.25) is 0 Å². The lowest BCUT2D eigenvalue weighted by molar-refractivity contribution is 0.306. The summed E-state index contributed by atoms with van der Waals surface area (Å²) in [6, 6.07) is 10.4. The van der Waals surface area contributed by atoms with E-state index in [-0.39, 0.29) is 0 Å². The van der Waals surface area contributed by atoms with Gasteiger partial charge < -0.3 is 10.5 Å². The second-order valence-corrected chi connectivity index (χ2v) is 5.72. The maximum atomic E-state index is 6.11. The van der Waals surface area contributed by atoms with Crippen molar-refractivity contribution >= 4 is 52.0 Å². The van der Waals surface area contributed by atoms with Gasteiger partial charge in [-0.15, -0.1) is 0 Å². The van der Waals surface area contributed by atoms with Gasteiger partial charge in [0.1, 0.15) is 17.3 Å². The fourth-order valence-electron chi connectivity index (χ4n) is 1.57. The summed E-state index contributed by atoms with van der Waals surface area (Å²) in [6.07, 6.45) is 0. The summed E-state index contributed by atoms with van der Waals surface area (Å²) >= 11 is 22.9. The van der Waals surface area contributed by atoms with Gasteiger partial charge in [-0.1, -0.05) is 53.1 Å². The summed E-state index contributed by atoms with van der Waals surface area (Å²) in [4.78, 5) is 0.291. The van der Waals surface area contributed by atoms with Crippen molar-refractivity contribution in [2.24, 2.45) is 5.73 Å². The molecule has 0 aliphatic heterocycles. The molecule has 2 nitrogen and oxygen atoms in total. The van der Waals surface area contributed by atoms with E-state index < -0.39 is 0 Å². The van der Waals surface area contributed by atoms with Gasteiger partial charge in [-0.25, -0.2) is 0 Å². The molecule has 2 aromatic carbocycles. The zero-order chi connectivity index (χ0) is 14.7. The van der Waals surface area contributed by atoms with Gasteiger partial charge in [-0.05, 0) is 30.3 Å². The number of hydrogen-bond acceptors (Lipinski definition) is 2. The zero-order valence-corrected chi connectivity index (χ0v) is 13.3. The van der Waals surface area contributed by atoms with Crippen LogP contribution in [0.1, 0.15) is 11.1 Å². The highest BCUT2D eigenvalue weighted by Crippen LogP contribution is 2.28. The Kier molecular flexibility index (Phi) is 5.11. The topological polar surface area (TPSA) is 35.2 Å². The predicted octanol–water partition coefficient (Wildman–Crippen LogP) is 4.86. The van der Waals surface area contributed by atoms with Crippen molar-refractivity contribution in [2.45, 2.75) is 6.61 Å². The van der Waals surface area contributed by atoms with Crippen molar-refractivity contribution in [1.29, 1.82) is 0 Å². The average molecular weight is 347 g/mol. The third-order valence-corrected chi connectivity index (χ3v) is 3.73. The molecule has 0 aliphatic carbocycles. The zero-order valence-electron chi connectivity index (χ0n) is 10.2. The summed E-state index contributed by atoms with van der Waals surface area (Å²) in [5.74, 6) is 0.540. The molecule has 20 heavy (non-hydrogen) atoms. The fourth-order valence-corrected chi connectivity index (χ4v) is 2.39. The number of rotatable bonds is 4. The molecule has 6 heteroatoms. The van der Waals surface area contributed by atoms with Gasteiger partial charge in [0.15, 0.2) is 0 Å². The molecule has 0 spiro atoms. The second-order valence-electron chi connectivity index (χ2n) is 4.03. The van der Waals surface area contributed by atoms with Crippen molar-refractivity contribution in [1.82, 2.24) is 0 Å². The molecule has 0 fully saturated rings. The Hall–Kier alpha value is -1.000. The Morgan fingerprint density at radius 1 is 1.05 bits per heavy atom. The summed E-state index contributed by atoms with van der Waals surface area (Å²) in [5, 5.41) is 1.58. The average Bonchev–Trinajstić information content (AvgIpc) is 2.38. The Morgan fingerprint density at radius 3 is 2.40 bits per heavy atom. The van der Waals surface area contributed by atoms with Crippen molar-refractivity contribution in [3.63, 3.8) is 0 Å². The molecule has 0 aromatic heterocycles. The molecule has 0 bridgehead atoms. The summed E-state index contributed by atoms with van der Waals surface area (Å²) < 4.78 is 5.63. The first kappa shape index (κ1) is 15.4. The predicted molar refractivity (Wildman–Crippen MR) is 88.1 cm³/mol. The highest BCUT2D eigenvalue weighted by atomic mass is 35.5. The molecule has 2 N–H and O–H groups in total. The van der Waals surface area contributed by atoms with Crippen LogP contribution in [0.25, 0.3) is 0 Å². The van der Waals surface area contributed by atoms with E-state index in [4.69, 9.17) is 57.5 Å². The Bertz CT molecular complexity index is 661. The van der Waals surface area contributed by atoms with E-state index in [0.29, 0.717) is 38.0 Å². The maximum absolute atomic E-state index is 6.11. The van der Waals surface area contributed by atoms with Crippen LogP contribution >= 0.6 is 47.0 Å². The minimum absolute atomic E-state index is 0.291. The van der Waals surface area contributed by atoms with E-state index in [0.717, 1.165) is 5.56 Å². The van der Waals surface area contributed by atoms with Crippen LogP contribution in [0.2, 0.25) is 15.1 Å². The minimum atomic E-state index is 0.291. The number of ether oxygens (including phenoxy) is 1. The van der Waals surface area contributed by atoms with Crippen LogP contribution in [-0.2, 0) is 6.61 Å². The Morgan fingerprint density at radius 2 is 1.80 bits per heavy atom. The molecule has 0 aliphatic rings. The van der Waals surface area contributed by atoms with E-state index in [9.17, 15) is 0 Å². The molecular formula is C14H10Cl3NOS. The van der Waals surface area contributed by atoms with Crippen LogP contribution in [0.4, 0.5) is 0 Å². The molecular weight excluding hydrogens is 337 g/mol. The second kappa shape index (κ2) is 6.64. The summed E-state index contributed by atoms with van der Waals surface area (Å²) in [5.41, 5.74) is 7.05.